The van der Waals surface area contributed by atoms with E-state index < -0.39 is 24.0 Å². The zero-order valence-corrected chi connectivity index (χ0v) is 12.6. The molecule has 5 nitrogen and oxygen atoms in total. The Hall–Kier alpha value is -0.860. The summed E-state index contributed by atoms with van der Waals surface area (Å²) < 4.78 is 0.812. The molecule has 1 heterocycles. The highest BCUT2D eigenvalue weighted by Gasteiger charge is 2.39. The van der Waals surface area contributed by atoms with E-state index >= 15 is 0 Å². The minimum atomic E-state index is -1.11. The van der Waals surface area contributed by atoms with Crippen LogP contribution < -0.4 is 0 Å². The van der Waals surface area contributed by atoms with Crippen LogP contribution >= 0.6 is 34.2 Å². The molecule has 1 aliphatic heterocycles. The summed E-state index contributed by atoms with van der Waals surface area (Å²) in [5.41, 5.74) is 0.325. The van der Waals surface area contributed by atoms with Crippen LogP contribution in [0.2, 0.25) is 5.02 Å². The third-order valence-electron chi connectivity index (χ3n) is 2.99. The molecule has 0 aliphatic carbocycles. The Labute approximate surface area is 128 Å². The molecule has 102 valence electrons. The number of likely N-dealkylation sites (tertiary alicyclic amines) is 1. The van der Waals surface area contributed by atoms with E-state index in [2.05, 4.69) is 0 Å². The Morgan fingerprint density at radius 2 is 2.11 bits per heavy atom. The maximum Gasteiger partial charge on any atom is 0.326 e. The molecule has 2 atom stereocenters. The molecule has 1 fully saturated rings. The van der Waals surface area contributed by atoms with Gasteiger partial charge >= 0.3 is 5.97 Å². The molecule has 0 saturated carbocycles. The summed E-state index contributed by atoms with van der Waals surface area (Å²) in [7, 11) is 0. The summed E-state index contributed by atoms with van der Waals surface area (Å²) in [5.74, 6) is -1.54. The average molecular weight is 396 g/mol. The lowest BCUT2D eigenvalue weighted by Crippen LogP contribution is -2.40. The van der Waals surface area contributed by atoms with Crippen LogP contribution in [0.15, 0.2) is 18.2 Å². The Kier molecular flexibility index (Phi) is 4.32. The first-order valence-electron chi connectivity index (χ1n) is 5.57. The van der Waals surface area contributed by atoms with Crippen LogP contribution in [0.4, 0.5) is 0 Å². The molecule has 2 N–H and O–H groups in total. The fraction of sp³-hybridized carbons (Fsp3) is 0.333. The van der Waals surface area contributed by atoms with Gasteiger partial charge in [0.05, 0.1) is 11.1 Å². The number of β-amino-alcohol motifs (C(OH)–C–C–N with tert-alkyl or cyclic N) is 1. The fourth-order valence-corrected chi connectivity index (χ4v) is 2.58. The minimum absolute atomic E-state index is 0.0272. The molecule has 0 aromatic heterocycles. The second kappa shape index (κ2) is 5.64. The maximum atomic E-state index is 12.3. The monoisotopic (exact) mass is 395 g/mol. The van der Waals surface area contributed by atoms with Crippen molar-refractivity contribution in [3.8, 4) is 0 Å². The van der Waals surface area contributed by atoms with Gasteiger partial charge in [-0.1, -0.05) is 11.6 Å². The highest BCUT2D eigenvalue weighted by Crippen LogP contribution is 2.24. The third-order valence-corrected chi connectivity index (χ3v) is 4.56. The van der Waals surface area contributed by atoms with Crippen molar-refractivity contribution in [2.24, 2.45) is 0 Å². The molecule has 1 amide bonds. The average Bonchev–Trinajstić information content (AvgIpc) is 2.74. The fourth-order valence-electron chi connectivity index (χ4n) is 2.07. The van der Waals surface area contributed by atoms with Crippen molar-refractivity contribution in [2.75, 3.05) is 6.54 Å². The first-order chi connectivity index (χ1) is 8.90. The summed E-state index contributed by atoms with van der Waals surface area (Å²) in [6.07, 6.45) is -0.747. The third kappa shape index (κ3) is 3.01. The molecule has 1 aliphatic rings. The van der Waals surface area contributed by atoms with E-state index in [9.17, 15) is 14.7 Å². The van der Waals surface area contributed by atoms with Crippen molar-refractivity contribution in [2.45, 2.75) is 18.6 Å². The highest BCUT2D eigenvalue weighted by atomic mass is 127. The zero-order chi connectivity index (χ0) is 14.2. The number of nitrogens with zero attached hydrogens (tertiary/aromatic N) is 1. The number of carbonyl (C=O) groups excluding carboxylic acids is 1. The first-order valence-corrected chi connectivity index (χ1v) is 7.02. The van der Waals surface area contributed by atoms with Gasteiger partial charge < -0.3 is 15.1 Å². The van der Waals surface area contributed by atoms with Crippen molar-refractivity contribution >= 4 is 46.1 Å². The summed E-state index contributed by atoms with van der Waals surface area (Å²) in [5, 5.41) is 19.0. The molecule has 1 aromatic carbocycles. The second-order valence-electron chi connectivity index (χ2n) is 4.33. The largest absolute Gasteiger partial charge is 0.480 e. The maximum absolute atomic E-state index is 12.3. The molecule has 1 aromatic rings. The van der Waals surface area contributed by atoms with Crippen LogP contribution in [0, 0.1) is 3.57 Å². The quantitative estimate of drug-likeness (QED) is 0.746. The minimum Gasteiger partial charge on any atom is -0.480 e. The summed E-state index contributed by atoms with van der Waals surface area (Å²) in [4.78, 5) is 24.5. The smallest absolute Gasteiger partial charge is 0.326 e. The normalized spacial score (nSPS) is 22.6. The molecular weight excluding hydrogens is 384 g/mol. The van der Waals surface area contributed by atoms with Gasteiger partial charge in [0.2, 0.25) is 0 Å². The number of aliphatic carboxylic acids is 1. The van der Waals surface area contributed by atoms with Crippen LogP contribution in [-0.4, -0.2) is 45.7 Å². The van der Waals surface area contributed by atoms with Gasteiger partial charge in [-0.3, -0.25) is 4.79 Å². The number of aliphatic hydroxyl groups excluding tert-OH is 1. The van der Waals surface area contributed by atoms with Crippen LogP contribution in [0.3, 0.4) is 0 Å². The van der Waals surface area contributed by atoms with Crippen molar-refractivity contribution in [3.05, 3.63) is 32.4 Å². The Morgan fingerprint density at radius 3 is 2.68 bits per heavy atom. The number of hydrogen-bond donors (Lipinski definition) is 2. The van der Waals surface area contributed by atoms with E-state index in [4.69, 9.17) is 16.7 Å². The van der Waals surface area contributed by atoms with Gasteiger partial charge in [0.15, 0.2) is 0 Å². The van der Waals surface area contributed by atoms with Crippen molar-refractivity contribution in [3.63, 3.8) is 0 Å². The Morgan fingerprint density at radius 1 is 1.42 bits per heavy atom. The number of rotatable bonds is 2. The number of aliphatic hydroxyl groups is 1. The van der Waals surface area contributed by atoms with E-state index in [-0.39, 0.29) is 13.0 Å². The highest BCUT2D eigenvalue weighted by molar-refractivity contribution is 14.1. The van der Waals surface area contributed by atoms with Gasteiger partial charge in [-0.2, -0.15) is 0 Å². The van der Waals surface area contributed by atoms with Gasteiger partial charge in [-0.15, -0.1) is 0 Å². The standard InChI is InChI=1S/C12H11ClINO4/c13-8-3-6(1-2-9(8)14)11(17)15-5-7(16)4-10(15)12(18)19/h1-3,7,10,16H,4-5H2,(H,18,19)/t7-,10+/m1/s1. The van der Waals surface area contributed by atoms with Gasteiger partial charge in [0.25, 0.3) is 5.91 Å². The topological polar surface area (TPSA) is 77.8 Å². The Bertz CT molecular complexity index is 536. The number of amides is 1. The number of carboxylic acid groups (broad SMARTS) is 1. The molecule has 7 heteroatoms. The van der Waals surface area contributed by atoms with Crippen molar-refractivity contribution in [1.82, 2.24) is 4.90 Å². The predicted molar refractivity (Wildman–Crippen MR) is 77.3 cm³/mol. The molecule has 2 rings (SSSR count). The molecular formula is C12H11ClINO4. The summed E-state index contributed by atoms with van der Waals surface area (Å²) in [6, 6.07) is 3.81. The van der Waals surface area contributed by atoms with E-state index in [1.165, 1.54) is 11.0 Å². The van der Waals surface area contributed by atoms with Gasteiger partial charge in [0, 0.05) is 22.1 Å². The van der Waals surface area contributed by atoms with E-state index in [1.54, 1.807) is 12.1 Å². The summed E-state index contributed by atoms with van der Waals surface area (Å²) >= 11 is 7.99. The second-order valence-corrected chi connectivity index (χ2v) is 5.90. The Balaban J connectivity index is 2.27. The number of carboxylic acids is 1. The van der Waals surface area contributed by atoms with Gasteiger partial charge in [-0.25, -0.2) is 4.79 Å². The number of benzene rings is 1. The lowest BCUT2D eigenvalue weighted by atomic mass is 10.1. The number of carbonyl (C=O) groups is 2. The SMILES string of the molecule is O=C(O)[C@@H]1C[C@@H](O)CN1C(=O)c1ccc(I)c(Cl)c1. The lowest BCUT2D eigenvalue weighted by Gasteiger charge is -2.21. The van der Waals surface area contributed by atoms with Gasteiger partial charge in [-0.05, 0) is 40.8 Å². The molecule has 0 spiro atoms. The molecule has 0 radical (unpaired) electrons. The van der Waals surface area contributed by atoms with E-state index in [0.29, 0.717) is 10.6 Å². The lowest BCUT2D eigenvalue weighted by molar-refractivity contribution is -0.141. The molecule has 0 unspecified atom stereocenters. The van der Waals surface area contributed by atoms with Crippen LogP contribution in [0.1, 0.15) is 16.8 Å². The molecule has 1 saturated heterocycles. The van der Waals surface area contributed by atoms with Crippen molar-refractivity contribution < 1.29 is 19.8 Å². The van der Waals surface area contributed by atoms with Crippen LogP contribution in [0.25, 0.3) is 0 Å². The van der Waals surface area contributed by atoms with Gasteiger partial charge in [0.1, 0.15) is 6.04 Å². The van der Waals surface area contributed by atoms with Crippen LogP contribution in [0.5, 0.6) is 0 Å². The first kappa shape index (κ1) is 14.5. The van der Waals surface area contributed by atoms with Crippen LogP contribution in [-0.2, 0) is 4.79 Å². The summed E-state index contributed by atoms with van der Waals surface area (Å²) in [6.45, 7) is 0.0272. The van der Waals surface area contributed by atoms with E-state index in [1.807, 2.05) is 22.6 Å². The molecule has 0 bridgehead atoms. The number of hydrogen-bond acceptors (Lipinski definition) is 3. The number of halogens is 2. The zero-order valence-electron chi connectivity index (χ0n) is 9.72. The van der Waals surface area contributed by atoms with E-state index in [0.717, 1.165) is 3.57 Å². The molecule has 19 heavy (non-hydrogen) atoms. The van der Waals surface area contributed by atoms with Crippen molar-refractivity contribution in [1.29, 1.82) is 0 Å². The predicted octanol–water partition coefficient (Wildman–Crippen LogP) is 1.60.